The third-order valence-electron chi connectivity index (χ3n) is 6.16. The van der Waals surface area contributed by atoms with E-state index in [9.17, 15) is 0 Å². The van der Waals surface area contributed by atoms with Gasteiger partial charge in [0.05, 0.1) is 12.4 Å². The molecule has 0 atom stereocenters. The number of nitrogens with zero attached hydrogens (tertiary/aromatic N) is 2. The molecule has 0 aliphatic rings. The zero-order valence-electron chi connectivity index (χ0n) is 20.6. The van der Waals surface area contributed by atoms with E-state index in [0.717, 1.165) is 17.8 Å². The largest absolute Gasteiger partial charge is 0.486 e. The molecule has 2 aromatic carbocycles. The first-order valence-electron chi connectivity index (χ1n) is 12.9. The smallest absolute Gasteiger partial charge is 0.159 e. The van der Waals surface area contributed by atoms with Gasteiger partial charge in [0.1, 0.15) is 6.61 Å². The van der Waals surface area contributed by atoms with Crippen molar-refractivity contribution in [2.45, 2.75) is 91.1 Å². The molecular formula is C30H40N2O. The van der Waals surface area contributed by atoms with Crippen LogP contribution in [0.4, 0.5) is 0 Å². The number of aromatic nitrogens is 2. The van der Waals surface area contributed by atoms with Crippen LogP contribution in [-0.2, 0) is 19.4 Å². The van der Waals surface area contributed by atoms with Crippen molar-refractivity contribution in [2.75, 3.05) is 0 Å². The first-order chi connectivity index (χ1) is 16.3. The quantitative estimate of drug-likeness (QED) is 0.221. The van der Waals surface area contributed by atoms with E-state index < -0.39 is 0 Å². The summed E-state index contributed by atoms with van der Waals surface area (Å²) in [6.07, 6.45) is 17.6. The van der Waals surface area contributed by atoms with Crippen molar-refractivity contribution in [2.24, 2.45) is 0 Å². The fourth-order valence-corrected chi connectivity index (χ4v) is 4.02. The Kier molecular flexibility index (Phi) is 10.9. The zero-order chi connectivity index (χ0) is 23.1. The molecule has 0 aliphatic carbocycles. The molecule has 0 saturated heterocycles. The second-order valence-corrected chi connectivity index (χ2v) is 9.02. The maximum absolute atomic E-state index is 5.91. The summed E-state index contributed by atoms with van der Waals surface area (Å²) in [7, 11) is 0. The molecule has 0 amide bonds. The van der Waals surface area contributed by atoms with E-state index in [4.69, 9.17) is 4.74 Å². The average molecular weight is 445 g/mol. The molecule has 0 saturated carbocycles. The van der Waals surface area contributed by atoms with Crippen molar-refractivity contribution in [3.05, 3.63) is 77.6 Å². The molecule has 176 valence electrons. The van der Waals surface area contributed by atoms with Gasteiger partial charge in [-0.15, -0.1) is 0 Å². The molecule has 3 heteroatoms. The second kappa shape index (κ2) is 14.5. The molecule has 3 aromatic rings. The fraction of sp³-hybridized carbons (Fsp3) is 0.467. The van der Waals surface area contributed by atoms with Gasteiger partial charge in [-0.1, -0.05) is 107 Å². The maximum atomic E-state index is 5.91. The van der Waals surface area contributed by atoms with Crippen molar-refractivity contribution in [1.29, 1.82) is 0 Å². The van der Waals surface area contributed by atoms with Crippen LogP contribution in [0.25, 0.3) is 11.4 Å². The van der Waals surface area contributed by atoms with E-state index in [1.807, 2.05) is 0 Å². The van der Waals surface area contributed by atoms with Crippen molar-refractivity contribution in [1.82, 2.24) is 9.97 Å². The lowest BCUT2D eigenvalue weighted by Gasteiger charge is -2.08. The molecule has 0 N–H and O–H groups in total. The van der Waals surface area contributed by atoms with Gasteiger partial charge in [-0.25, -0.2) is 9.97 Å². The van der Waals surface area contributed by atoms with Gasteiger partial charge in [-0.2, -0.15) is 0 Å². The van der Waals surface area contributed by atoms with Crippen LogP contribution in [-0.4, -0.2) is 9.97 Å². The highest BCUT2D eigenvalue weighted by Crippen LogP contribution is 2.19. The molecule has 3 nitrogen and oxygen atoms in total. The molecule has 0 bridgehead atoms. The highest BCUT2D eigenvalue weighted by Gasteiger charge is 2.04. The van der Waals surface area contributed by atoms with E-state index in [1.165, 1.54) is 80.9 Å². The van der Waals surface area contributed by atoms with Gasteiger partial charge >= 0.3 is 0 Å². The Morgan fingerprint density at radius 2 is 1.06 bits per heavy atom. The zero-order valence-corrected chi connectivity index (χ0v) is 20.6. The molecule has 0 spiro atoms. The predicted molar refractivity (Wildman–Crippen MR) is 139 cm³/mol. The summed E-state index contributed by atoms with van der Waals surface area (Å²) in [5.74, 6) is 1.44. The van der Waals surface area contributed by atoms with E-state index in [-0.39, 0.29) is 0 Å². The Balaban J connectivity index is 1.43. The van der Waals surface area contributed by atoms with Crippen LogP contribution in [0, 0.1) is 0 Å². The highest BCUT2D eigenvalue weighted by molar-refractivity contribution is 5.55. The first kappa shape index (κ1) is 25.0. The van der Waals surface area contributed by atoms with Gasteiger partial charge in [0.15, 0.2) is 11.6 Å². The molecule has 3 rings (SSSR count). The highest BCUT2D eigenvalue weighted by atomic mass is 16.5. The molecular weight excluding hydrogens is 404 g/mol. The predicted octanol–water partition coefficient (Wildman–Crippen LogP) is 8.36. The van der Waals surface area contributed by atoms with Crippen LogP contribution in [0.15, 0.2) is 60.9 Å². The summed E-state index contributed by atoms with van der Waals surface area (Å²) in [5, 5.41) is 0. The van der Waals surface area contributed by atoms with Crippen LogP contribution in [0.1, 0.15) is 88.3 Å². The number of benzene rings is 2. The fourth-order valence-electron chi connectivity index (χ4n) is 4.02. The topological polar surface area (TPSA) is 35.0 Å². The summed E-state index contributed by atoms with van der Waals surface area (Å²) in [6.45, 7) is 5.04. The van der Waals surface area contributed by atoms with Gasteiger partial charge in [-0.05, 0) is 42.4 Å². The SMILES string of the molecule is CCCCCCCc1ccc(COc2cnc(-c3ccc(CCCCCC)cc3)nc2)cc1. The van der Waals surface area contributed by atoms with Crippen LogP contribution in [0.5, 0.6) is 5.75 Å². The van der Waals surface area contributed by atoms with Crippen LogP contribution >= 0.6 is 0 Å². The minimum atomic E-state index is 0.534. The summed E-state index contributed by atoms with van der Waals surface area (Å²) < 4.78 is 5.91. The number of rotatable bonds is 15. The molecule has 0 fully saturated rings. The van der Waals surface area contributed by atoms with Crippen LogP contribution in [0.3, 0.4) is 0 Å². The monoisotopic (exact) mass is 444 g/mol. The number of hydrogen-bond acceptors (Lipinski definition) is 3. The van der Waals surface area contributed by atoms with E-state index in [1.54, 1.807) is 12.4 Å². The van der Waals surface area contributed by atoms with Crippen LogP contribution < -0.4 is 4.74 Å². The maximum Gasteiger partial charge on any atom is 0.159 e. The molecule has 0 unspecified atom stereocenters. The lowest BCUT2D eigenvalue weighted by atomic mass is 10.0. The Hall–Kier alpha value is -2.68. The minimum Gasteiger partial charge on any atom is -0.486 e. The van der Waals surface area contributed by atoms with Crippen molar-refractivity contribution in [3.8, 4) is 17.1 Å². The standard InChI is InChI=1S/C30H40N2O/c1-3-5-7-9-11-13-25-14-16-27(17-15-25)24-33-29-22-31-30(32-23-29)28-20-18-26(19-21-28)12-10-8-6-4-2/h14-23H,3-13,24H2,1-2H3. The van der Waals surface area contributed by atoms with Crippen molar-refractivity contribution >= 4 is 0 Å². The number of unbranched alkanes of at least 4 members (excludes halogenated alkanes) is 7. The Bertz CT molecular complexity index is 902. The Morgan fingerprint density at radius 3 is 1.64 bits per heavy atom. The molecule has 33 heavy (non-hydrogen) atoms. The molecule has 1 aromatic heterocycles. The lowest BCUT2D eigenvalue weighted by Crippen LogP contribution is -1.98. The Labute approximate surface area is 200 Å². The third-order valence-corrected chi connectivity index (χ3v) is 6.16. The van der Waals surface area contributed by atoms with Gasteiger partial charge in [0, 0.05) is 5.56 Å². The van der Waals surface area contributed by atoms with Gasteiger partial charge in [0.2, 0.25) is 0 Å². The van der Waals surface area contributed by atoms with Crippen LogP contribution in [0.2, 0.25) is 0 Å². The Morgan fingerprint density at radius 1 is 0.576 bits per heavy atom. The van der Waals surface area contributed by atoms with Gasteiger partial charge < -0.3 is 4.74 Å². The number of aryl methyl sites for hydroxylation is 2. The summed E-state index contributed by atoms with van der Waals surface area (Å²) in [4.78, 5) is 9.02. The summed E-state index contributed by atoms with van der Waals surface area (Å²) >= 11 is 0. The van der Waals surface area contributed by atoms with Crippen molar-refractivity contribution < 1.29 is 4.74 Å². The normalized spacial score (nSPS) is 11.0. The minimum absolute atomic E-state index is 0.534. The van der Waals surface area contributed by atoms with E-state index >= 15 is 0 Å². The molecule has 1 heterocycles. The first-order valence-corrected chi connectivity index (χ1v) is 12.9. The summed E-state index contributed by atoms with van der Waals surface area (Å²) in [5.41, 5.74) is 5.01. The average Bonchev–Trinajstić information content (AvgIpc) is 2.87. The third kappa shape index (κ3) is 9.00. The second-order valence-electron chi connectivity index (χ2n) is 9.02. The molecule has 0 aliphatic heterocycles. The van der Waals surface area contributed by atoms with E-state index in [2.05, 4.69) is 72.3 Å². The van der Waals surface area contributed by atoms with Gasteiger partial charge in [-0.3, -0.25) is 0 Å². The van der Waals surface area contributed by atoms with Gasteiger partial charge in [0.25, 0.3) is 0 Å². The number of hydrogen-bond donors (Lipinski definition) is 0. The lowest BCUT2D eigenvalue weighted by molar-refractivity contribution is 0.303. The number of ether oxygens (including phenoxy) is 1. The van der Waals surface area contributed by atoms with Crippen molar-refractivity contribution in [3.63, 3.8) is 0 Å². The summed E-state index contributed by atoms with van der Waals surface area (Å²) in [6, 6.07) is 17.4. The van der Waals surface area contributed by atoms with E-state index in [0.29, 0.717) is 12.4 Å². The molecule has 0 radical (unpaired) electrons.